The van der Waals surface area contributed by atoms with Gasteiger partial charge in [-0.3, -0.25) is 9.67 Å². The van der Waals surface area contributed by atoms with Gasteiger partial charge in [-0.15, -0.1) is 0 Å². The van der Waals surface area contributed by atoms with Gasteiger partial charge in [0.25, 0.3) is 0 Å². The Morgan fingerprint density at radius 2 is 2.17 bits per heavy atom. The van der Waals surface area contributed by atoms with Crippen LogP contribution < -0.4 is 0 Å². The number of pyridine rings is 1. The van der Waals surface area contributed by atoms with Crippen LogP contribution >= 0.6 is 15.9 Å². The van der Waals surface area contributed by atoms with E-state index in [0.717, 1.165) is 27.8 Å². The van der Waals surface area contributed by atoms with Crippen LogP contribution in [0.15, 0.2) is 29.0 Å². The molecule has 18 heavy (non-hydrogen) atoms. The molecule has 0 fully saturated rings. The highest BCUT2D eigenvalue weighted by Gasteiger charge is 2.13. The van der Waals surface area contributed by atoms with Crippen molar-refractivity contribution >= 4 is 15.9 Å². The maximum atomic E-state index is 10.2. The normalized spacial score (nSPS) is 12.7. The molecule has 0 saturated heterocycles. The van der Waals surface area contributed by atoms with Crippen molar-refractivity contribution in [3.63, 3.8) is 0 Å². The molecule has 96 valence electrons. The summed E-state index contributed by atoms with van der Waals surface area (Å²) in [5, 5.41) is 14.6. The van der Waals surface area contributed by atoms with Crippen LogP contribution in [0.3, 0.4) is 0 Å². The average Bonchev–Trinajstić information content (AvgIpc) is 2.70. The van der Waals surface area contributed by atoms with E-state index in [9.17, 15) is 5.11 Å². The highest BCUT2D eigenvalue weighted by molar-refractivity contribution is 9.10. The van der Waals surface area contributed by atoms with Gasteiger partial charge in [-0.25, -0.2) is 0 Å². The van der Waals surface area contributed by atoms with Gasteiger partial charge in [0.15, 0.2) is 0 Å². The summed E-state index contributed by atoms with van der Waals surface area (Å²) in [4.78, 5) is 4.06. The van der Waals surface area contributed by atoms with Crippen LogP contribution in [0.5, 0.6) is 0 Å². The summed E-state index contributed by atoms with van der Waals surface area (Å²) in [7, 11) is 1.90. The lowest BCUT2D eigenvalue weighted by atomic mass is 10.1. The van der Waals surface area contributed by atoms with E-state index in [1.54, 1.807) is 12.4 Å². The monoisotopic (exact) mass is 309 g/mol. The maximum Gasteiger partial charge on any atom is 0.0860 e. The smallest absolute Gasteiger partial charge is 0.0860 e. The molecule has 5 heteroatoms. The fourth-order valence-electron chi connectivity index (χ4n) is 1.86. The van der Waals surface area contributed by atoms with Gasteiger partial charge >= 0.3 is 0 Å². The lowest BCUT2D eigenvalue weighted by molar-refractivity contribution is 0.175. The van der Waals surface area contributed by atoms with Gasteiger partial charge in [-0.05, 0) is 34.5 Å². The van der Waals surface area contributed by atoms with Crippen molar-refractivity contribution in [1.29, 1.82) is 0 Å². The Morgan fingerprint density at radius 3 is 2.78 bits per heavy atom. The van der Waals surface area contributed by atoms with Crippen LogP contribution in [-0.4, -0.2) is 19.9 Å². The number of halogens is 1. The van der Waals surface area contributed by atoms with Crippen molar-refractivity contribution < 1.29 is 5.11 Å². The number of hydrogen-bond acceptors (Lipinski definition) is 3. The zero-order valence-corrected chi connectivity index (χ0v) is 12.1. The Morgan fingerprint density at radius 1 is 1.39 bits per heavy atom. The Kier molecular flexibility index (Phi) is 4.14. The molecule has 1 N–H and O–H groups in total. The molecule has 1 unspecified atom stereocenters. The SMILES string of the molecule is CCc1cc(CC(O)c2cncc(Br)c2)n(C)n1. The topological polar surface area (TPSA) is 50.9 Å². The first kappa shape index (κ1) is 13.2. The first-order valence-corrected chi connectivity index (χ1v) is 6.69. The summed E-state index contributed by atoms with van der Waals surface area (Å²) >= 11 is 3.35. The van der Waals surface area contributed by atoms with Gasteiger partial charge < -0.3 is 5.11 Å². The standard InChI is InChI=1S/C13H16BrN3O/c1-3-11-5-12(17(2)16-11)6-13(18)9-4-10(14)8-15-7-9/h4-5,7-8,13,18H,3,6H2,1-2H3. The van der Waals surface area contributed by atoms with Crippen LogP contribution in [0.25, 0.3) is 0 Å². The molecule has 2 heterocycles. The van der Waals surface area contributed by atoms with Gasteiger partial charge in [-0.2, -0.15) is 5.10 Å². The molecular weight excluding hydrogens is 294 g/mol. The van der Waals surface area contributed by atoms with Crippen molar-refractivity contribution in [2.24, 2.45) is 7.05 Å². The van der Waals surface area contributed by atoms with Gasteiger partial charge in [-0.1, -0.05) is 6.92 Å². The third kappa shape index (κ3) is 2.97. The molecule has 0 bridgehead atoms. The van der Waals surface area contributed by atoms with E-state index in [2.05, 4.69) is 32.9 Å². The molecule has 0 aliphatic carbocycles. The molecule has 2 rings (SSSR count). The zero-order chi connectivity index (χ0) is 13.1. The van der Waals surface area contributed by atoms with Crippen LogP contribution in [-0.2, 0) is 19.9 Å². The molecular formula is C13H16BrN3O. The van der Waals surface area contributed by atoms with Crippen LogP contribution in [0.4, 0.5) is 0 Å². The summed E-state index contributed by atoms with van der Waals surface area (Å²) in [5.74, 6) is 0. The van der Waals surface area contributed by atoms with E-state index in [0.29, 0.717) is 6.42 Å². The first-order valence-electron chi connectivity index (χ1n) is 5.90. The molecule has 0 amide bonds. The fraction of sp³-hybridized carbons (Fsp3) is 0.385. The second-order valence-corrected chi connectivity index (χ2v) is 5.18. The largest absolute Gasteiger partial charge is 0.388 e. The summed E-state index contributed by atoms with van der Waals surface area (Å²) < 4.78 is 2.70. The third-order valence-electron chi connectivity index (χ3n) is 2.90. The maximum absolute atomic E-state index is 10.2. The molecule has 0 aliphatic rings. The minimum Gasteiger partial charge on any atom is -0.388 e. The molecule has 0 aromatic carbocycles. The molecule has 2 aromatic rings. The highest BCUT2D eigenvalue weighted by atomic mass is 79.9. The minimum absolute atomic E-state index is 0.543. The van der Waals surface area contributed by atoms with Gasteiger partial charge in [0, 0.05) is 41.6 Å². The number of aliphatic hydroxyl groups excluding tert-OH is 1. The van der Waals surface area contributed by atoms with Crippen molar-refractivity contribution in [3.05, 3.63) is 46.0 Å². The van der Waals surface area contributed by atoms with E-state index < -0.39 is 6.10 Å². The number of hydrogen-bond donors (Lipinski definition) is 1. The molecule has 2 aromatic heterocycles. The van der Waals surface area contributed by atoms with E-state index >= 15 is 0 Å². The van der Waals surface area contributed by atoms with Gasteiger partial charge in [0.2, 0.25) is 0 Å². The van der Waals surface area contributed by atoms with E-state index in [-0.39, 0.29) is 0 Å². The molecule has 1 atom stereocenters. The Bertz CT molecular complexity index is 539. The van der Waals surface area contributed by atoms with Crippen molar-refractivity contribution in [2.45, 2.75) is 25.9 Å². The van der Waals surface area contributed by atoms with E-state index in [1.165, 1.54) is 0 Å². The second-order valence-electron chi connectivity index (χ2n) is 4.26. The predicted molar refractivity (Wildman–Crippen MR) is 73.2 cm³/mol. The summed E-state index contributed by atoms with van der Waals surface area (Å²) in [6.45, 7) is 2.07. The minimum atomic E-state index is -0.560. The summed E-state index contributed by atoms with van der Waals surface area (Å²) in [6, 6.07) is 3.92. The van der Waals surface area contributed by atoms with E-state index in [4.69, 9.17) is 0 Å². The molecule has 0 radical (unpaired) electrons. The van der Waals surface area contributed by atoms with Crippen LogP contribution in [0.1, 0.15) is 30.0 Å². The van der Waals surface area contributed by atoms with Crippen molar-refractivity contribution in [1.82, 2.24) is 14.8 Å². The average molecular weight is 310 g/mol. The van der Waals surface area contributed by atoms with Gasteiger partial charge in [0.05, 0.1) is 11.8 Å². The second kappa shape index (κ2) is 5.63. The van der Waals surface area contributed by atoms with Crippen LogP contribution in [0.2, 0.25) is 0 Å². The fourth-order valence-corrected chi connectivity index (χ4v) is 2.24. The number of aryl methyl sites for hydroxylation is 2. The van der Waals surface area contributed by atoms with E-state index in [1.807, 2.05) is 23.9 Å². The molecule has 4 nitrogen and oxygen atoms in total. The number of nitrogens with zero attached hydrogens (tertiary/aromatic N) is 3. The zero-order valence-electron chi connectivity index (χ0n) is 10.5. The summed E-state index contributed by atoms with van der Waals surface area (Å²) in [6.07, 6.45) is 4.28. The Balaban J connectivity index is 2.15. The number of rotatable bonds is 4. The molecule has 0 saturated carbocycles. The highest BCUT2D eigenvalue weighted by Crippen LogP contribution is 2.20. The summed E-state index contributed by atoms with van der Waals surface area (Å²) in [5.41, 5.74) is 2.88. The quantitative estimate of drug-likeness (QED) is 0.943. The first-order chi connectivity index (χ1) is 8.60. The number of aliphatic hydroxyl groups is 1. The lowest BCUT2D eigenvalue weighted by Crippen LogP contribution is -2.06. The van der Waals surface area contributed by atoms with Gasteiger partial charge in [0.1, 0.15) is 0 Å². The molecule has 0 spiro atoms. The Hall–Kier alpha value is -1.20. The third-order valence-corrected chi connectivity index (χ3v) is 3.34. The van der Waals surface area contributed by atoms with Crippen molar-refractivity contribution in [2.75, 3.05) is 0 Å². The molecule has 0 aliphatic heterocycles. The number of aromatic nitrogens is 3. The Labute approximate surface area is 115 Å². The predicted octanol–water partition coefficient (Wildman–Crippen LogP) is 2.42. The van der Waals surface area contributed by atoms with Crippen LogP contribution in [0, 0.1) is 0 Å². The van der Waals surface area contributed by atoms with Crippen molar-refractivity contribution in [3.8, 4) is 0 Å². The lowest BCUT2D eigenvalue weighted by Gasteiger charge is -2.10.